The fraction of sp³-hybridized carbons (Fsp3) is 0.500. The standard InChI is InChI=1S/C18H23N3O5/c1-10(15(22)19-12-6-7-12)21-16(23)18(2,20-17(21)24)11-5-8-13(25-3)14(9-11)26-4/h5,8-10,12H,6-7H2,1-4H3,(H,19,22)(H,20,24)/t10-,18-/m1/s1. The number of amides is 4. The molecule has 1 aliphatic heterocycles. The van der Waals surface area contributed by atoms with E-state index in [9.17, 15) is 14.4 Å². The number of methoxy groups -OCH3 is 2. The van der Waals surface area contributed by atoms with Crippen molar-refractivity contribution in [1.29, 1.82) is 0 Å². The summed E-state index contributed by atoms with van der Waals surface area (Å²) < 4.78 is 10.5. The molecule has 2 atom stereocenters. The second-order valence-corrected chi connectivity index (χ2v) is 6.76. The topological polar surface area (TPSA) is 97.0 Å². The van der Waals surface area contributed by atoms with E-state index in [0.29, 0.717) is 17.1 Å². The number of ether oxygens (including phenoxy) is 2. The van der Waals surface area contributed by atoms with Gasteiger partial charge in [0.2, 0.25) is 5.91 Å². The first-order valence-electron chi connectivity index (χ1n) is 8.50. The van der Waals surface area contributed by atoms with E-state index in [1.807, 2.05) is 0 Å². The highest BCUT2D eigenvalue weighted by Gasteiger charge is 2.52. The van der Waals surface area contributed by atoms with Crippen molar-refractivity contribution in [2.75, 3.05) is 14.2 Å². The quantitative estimate of drug-likeness (QED) is 0.741. The van der Waals surface area contributed by atoms with Crippen LogP contribution >= 0.6 is 0 Å². The van der Waals surface area contributed by atoms with Gasteiger partial charge in [0.25, 0.3) is 5.91 Å². The van der Waals surface area contributed by atoms with Gasteiger partial charge < -0.3 is 20.1 Å². The van der Waals surface area contributed by atoms with Gasteiger partial charge in [-0.15, -0.1) is 0 Å². The molecule has 1 aromatic rings. The minimum Gasteiger partial charge on any atom is -0.493 e. The van der Waals surface area contributed by atoms with Gasteiger partial charge in [-0.05, 0) is 44.4 Å². The molecule has 0 bridgehead atoms. The molecule has 2 aliphatic rings. The van der Waals surface area contributed by atoms with E-state index in [0.717, 1.165) is 17.7 Å². The van der Waals surface area contributed by atoms with Gasteiger partial charge in [0, 0.05) is 6.04 Å². The molecule has 0 aromatic heterocycles. The molecule has 1 aromatic carbocycles. The predicted molar refractivity (Wildman–Crippen MR) is 92.9 cm³/mol. The molecular formula is C18H23N3O5. The zero-order chi connectivity index (χ0) is 19.1. The lowest BCUT2D eigenvalue weighted by molar-refractivity contribution is -0.137. The van der Waals surface area contributed by atoms with Crippen LogP contribution in [0.15, 0.2) is 18.2 Å². The van der Waals surface area contributed by atoms with Gasteiger partial charge in [-0.25, -0.2) is 9.69 Å². The van der Waals surface area contributed by atoms with Gasteiger partial charge in [0.1, 0.15) is 11.6 Å². The van der Waals surface area contributed by atoms with Crippen molar-refractivity contribution in [2.24, 2.45) is 0 Å². The van der Waals surface area contributed by atoms with Gasteiger partial charge in [-0.3, -0.25) is 9.59 Å². The van der Waals surface area contributed by atoms with Crippen LogP contribution < -0.4 is 20.1 Å². The minimum atomic E-state index is -1.29. The summed E-state index contributed by atoms with van der Waals surface area (Å²) in [5.74, 6) is 0.164. The second-order valence-electron chi connectivity index (χ2n) is 6.76. The third-order valence-electron chi connectivity index (χ3n) is 4.87. The minimum absolute atomic E-state index is 0.156. The van der Waals surface area contributed by atoms with E-state index in [1.165, 1.54) is 14.2 Å². The van der Waals surface area contributed by atoms with E-state index in [1.54, 1.807) is 32.0 Å². The number of hydrogen-bond acceptors (Lipinski definition) is 5. The third-order valence-corrected chi connectivity index (χ3v) is 4.87. The first-order chi connectivity index (χ1) is 12.3. The summed E-state index contributed by atoms with van der Waals surface area (Å²) in [4.78, 5) is 38.7. The smallest absolute Gasteiger partial charge is 0.326 e. The monoisotopic (exact) mass is 361 g/mol. The number of carbonyl (C=O) groups excluding carboxylic acids is 3. The number of nitrogens with one attached hydrogen (secondary N) is 2. The largest absolute Gasteiger partial charge is 0.493 e. The number of urea groups is 1. The van der Waals surface area contributed by atoms with Crippen LogP contribution in [0.3, 0.4) is 0 Å². The summed E-state index contributed by atoms with van der Waals surface area (Å²) in [5.41, 5.74) is -0.740. The molecule has 1 heterocycles. The average Bonchev–Trinajstić information content (AvgIpc) is 3.40. The fourth-order valence-corrected chi connectivity index (χ4v) is 3.02. The normalized spacial score (nSPS) is 23.5. The van der Waals surface area contributed by atoms with Crippen LogP contribution in [0.25, 0.3) is 0 Å². The van der Waals surface area contributed by atoms with Gasteiger partial charge >= 0.3 is 6.03 Å². The Bertz CT molecular complexity index is 761. The summed E-state index contributed by atoms with van der Waals surface area (Å²) >= 11 is 0. The third kappa shape index (κ3) is 2.95. The number of imide groups is 1. The van der Waals surface area contributed by atoms with Crippen LogP contribution in [0, 0.1) is 0 Å². The van der Waals surface area contributed by atoms with E-state index in [2.05, 4.69) is 10.6 Å². The number of hydrogen-bond donors (Lipinski definition) is 2. The Morgan fingerprint density at radius 3 is 2.50 bits per heavy atom. The SMILES string of the molecule is COc1ccc([C@@]2(C)NC(=O)N([C@H](C)C(=O)NC3CC3)C2=O)cc1OC. The number of rotatable bonds is 6. The molecule has 1 saturated heterocycles. The summed E-state index contributed by atoms with van der Waals surface area (Å²) in [6, 6.07) is 3.69. The van der Waals surface area contributed by atoms with Gasteiger partial charge in [-0.2, -0.15) is 0 Å². The molecule has 8 heteroatoms. The molecule has 8 nitrogen and oxygen atoms in total. The summed E-state index contributed by atoms with van der Waals surface area (Å²) in [5, 5.41) is 5.52. The van der Waals surface area contributed by atoms with Crippen LogP contribution in [0.1, 0.15) is 32.3 Å². The van der Waals surface area contributed by atoms with Crippen LogP contribution in [-0.2, 0) is 15.1 Å². The predicted octanol–water partition coefficient (Wildman–Crippen LogP) is 1.14. The van der Waals surface area contributed by atoms with E-state index < -0.39 is 23.5 Å². The van der Waals surface area contributed by atoms with E-state index >= 15 is 0 Å². The molecule has 4 amide bonds. The van der Waals surface area contributed by atoms with Crippen molar-refractivity contribution < 1.29 is 23.9 Å². The van der Waals surface area contributed by atoms with Crippen molar-refractivity contribution in [2.45, 2.75) is 44.3 Å². The highest BCUT2D eigenvalue weighted by atomic mass is 16.5. The Balaban J connectivity index is 1.87. The highest BCUT2D eigenvalue weighted by Crippen LogP contribution is 2.36. The fourth-order valence-electron chi connectivity index (χ4n) is 3.02. The molecule has 3 rings (SSSR count). The lowest BCUT2D eigenvalue weighted by atomic mass is 9.91. The summed E-state index contributed by atoms with van der Waals surface area (Å²) in [7, 11) is 3.01. The second kappa shape index (κ2) is 6.51. The van der Waals surface area contributed by atoms with Crippen molar-refractivity contribution in [3.63, 3.8) is 0 Å². The van der Waals surface area contributed by atoms with Gasteiger partial charge in [0.15, 0.2) is 11.5 Å². The average molecular weight is 361 g/mol. The molecule has 0 radical (unpaired) electrons. The van der Waals surface area contributed by atoms with Crippen molar-refractivity contribution >= 4 is 17.8 Å². The van der Waals surface area contributed by atoms with Crippen LogP contribution in [0.2, 0.25) is 0 Å². The number of benzene rings is 1. The molecule has 1 aliphatic carbocycles. The Morgan fingerprint density at radius 1 is 1.27 bits per heavy atom. The number of carbonyl (C=O) groups is 3. The molecule has 0 unspecified atom stereocenters. The Morgan fingerprint density at radius 2 is 1.92 bits per heavy atom. The summed E-state index contributed by atoms with van der Waals surface area (Å²) in [6.45, 7) is 3.16. The van der Waals surface area contributed by atoms with Crippen molar-refractivity contribution in [3.05, 3.63) is 23.8 Å². The lowest BCUT2D eigenvalue weighted by Crippen LogP contribution is -2.49. The highest BCUT2D eigenvalue weighted by molar-refractivity contribution is 6.10. The van der Waals surface area contributed by atoms with Crippen LogP contribution in [-0.4, -0.2) is 49.0 Å². The van der Waals surface area contributed by atoms with Crippen LogP contribution in [0.5, 0.6) is 11.5 Å². The molecular weight excluding hydrogens is 338 g/mol. The van der Waals surface area contributed by atoms with Gasteiger partial charge in [0.05, 0.1) is 14.2 Å². The number of nitrogens with zero attached hydrogens (tertiary/aromatic N) is 1. The van der Waals surface area contributed by atoms with Gasteiger partial charge in [-0.1, -0.05) is 6.07 Å². The maximum atomic E-state index is 13.0. The maximum absolute atomic E-state index is 13.0. The molecule has 1 saturated carbocycles. The first kappa shape index (κ1) is 18.0. The summed E-state index contributed by atoms with van der Waals surface area (Å²) in [6.07, 6.45) is 1.87. The molecule has 2 N–H and O–H groups in total. The lowest BCUT2D eigenvalue weighted by Gasteiger charge is -2.25. The Labute approximate surface area is 151 Å². The maximum Gasteiger partial charge on any atom is 0.326 e. The van der Waals surface area contributed by atoms with E-state index in [4.69, 9.17) is 9.47 Å². The molecule has 26 heavy (non-hydrogen) atoms. The van der Waals surface area contributed by atoms with Crippen LogP contribution in [0.4, 0.5) is 4.79 Å². The molecule has 2 fully saturated rings. The first-order valence-corrected chi connectivity index (χ1v) is 8.50. The zero-order valence-corrected chi connectivity index (χ0v) is 15.3. The van der Waals surface area contributed by atoms with Crippen molar-refractivity contribution in [1.82, 2.24) is 15.5 Å². The van der Waals surface area contributed by atoms with Crippen molar-refractivity contribution in [3.8, 4) is 11.5 Å². The molecule has 0 spiro atoms. The Hall–Kier alpha value is -2.77. The Kier molecular flexibility index (Phi) is 4.52. The van der Waals surface area contributed by atoms with E-state index in [-0.39, 0.29) is 11.9 Å². The molecule has 140 valence electrons. The zero-order valence-electron chi connectivity index (χ0n) is 15.3.